The fourth-order valence-corrected chi connectivity index (χ4v) is 2.93. The maximum atomic E-state index is 12.3. The van der Waals surface area contributed by atoms with Crippen molar-refractivity contribution in [2.45, 2.75) is 39.7 Å². The number of aryl methyl sites for hydroxylation is 1. The molecule has 8 heteroatoms. The minimum atomic E-state index is -0.465. The van der Waals surface area contributed by atoms with E-state index in [0.717, 1.165) is 5.69 Å². The molecule has 0 unspecified atom stereocenters. The first-order chi connectivity index (χ1) is 11.8. The third kappa shape index (κ3) is 3.90. The average Bonchev–Trinajstić information content (AvgIpc) is 3.20. The van der Waals surface area contributed by atoms with Gasteiger partial charge in [0.2, 0.25) is 0 Å². The van der Waals surface area contributed by atoms with Crippen molar-refractivity contribution < 1.29 is 14.1 Å². The number of rotatable bonds is 4. The van der Waals surface area contributed by atoms with Crippen LogP contribution in [0.2, 0.25) is 0 Å². The van der Waals surface area contributed by atoms with Gasteiger partial charge in [-0.25, -0.2) is 9.78 Å². The lowest BCUT2D eigenvalue weighted by Gasteiger charge is -2.10. The Morgan fingerprint density at radius 3 is 2.72 bits per heavy atom. The highest BCUT2D eigenvalue weighted by Crippen LogP contribution is 2.27. The Kier molecular flexibility index (Phi) is 4.63. The van der Waals surface area contributed by atoms with Gasteiger partial charge in [0.15, 0.2) is 12.4 Å². The van der Waals surface area contributed by atoms with Crippen LogP contribution < -0.4 is 0 Å². The number of carbonyl (C=O) groups excluding carboxylic acids is 1. The van der Waals surface area contributed by atoms with Gasteiger partial charge in [-0.2, -0.15) is 4.98 Å². The topological polar surface area (TPSA) is 91.0 Å². The Labute approximate surface area is 149 Å². The maximum Gasteiger partial charge on any atom is 0.350 e. The Bertz CT molecular complexity index is 881. The van der Waals surface area contributed by atoms with Crippen molar-refractivity contribution in [3.63, 3.8) is 0 Å². The second kappa shape index (κ2) is 6.72. The second-order valence-corrected chi connectivity index (χ2v) is 7.49. The molecule has 3 rings (SSSR count). The molecule has 0 amide bonds. The van der Waals surface area contributed by atoms with Crippen LogP contribution in [-0.2, 0) is 16.8 Å². The van der Waals surface area contributed by atoms with E-state index in [-0.39, 0.29) is 17.9 Å². The molecule has 25 heavy (non-hydrogen) atoms. The van der Waals surface area contributed by atoms with Crippen molar-refractivity contribution in [3.05, 3.63) is 46.7 Å². The fourth-order valence-electron chi connectivity index (χ4n) is 2.00. The number of pyridine rings is 1. The van der Waals surface area contributed by atoms with Gasteiger partial charge in [-0.1, -0.05) is 32.0 Å². The number of nitrogens with zero attached hydrogens (tertiary/aromatic N) is 4. The Balaban J connectivity index is 1.70. The number of hydrogen-bond acceptors (Lipinski definition) is 8. The summed E-state index contributed by atoms with van der Waals surface area (Å²) in [6, 6.07) is 5.55. The summed E-state index contributed by atoms with van der Waals surface area (Å²) in [5.41, 5.74) is 1.11. The molecule has 0 saturated carbocycles. The van der Waals surface area contributed by atoms with E-state index in [1.807, 2.05) is 39.0 Å². The van der Waals surface area contributed by atoms with Crippen LogP contribution in [0.4, 0.5) is 0 Å². The van der Waals surface area contributed by atoms with E-state index >= 15 is 0 Å². The molecule has 3 aromatic heterocycles. The van der Waals surface area contributed by atoms with Crippen molar-refractivity contribution in [1.29, 1.82) is 0 Å². The molecule has 0 aliphatic carbocycles. The molecule has 0 aromatic carbocycles. The Hall–Kier alpha value is -2.61. The Morgan fingerprint density at radius 1 is 1.28 bits per heavy atom. The molecular formula is C17H18N4O3S. The van der Waals surface area contributed by atoms with Gasteiger partial charge in [-0.3, -0.25) is 4.98 Å². The van der Waals surface area contributed by atoms with Crippen LogP contribution in [0.15, 0.2) is 28.9 Å². The molecule has 0 saturated heterocycles. The highest BCUT2D eigenvalue weighted by Gasteiger charge is 2.22. The standard InChI is InChI=1S/C17H18N4O3S/c1-10-13(25-14(19-10)11-7-5-6-8-18-11)15(22)23-9-12-20-16(21-24-12)17(2,3)4/h5-8H,9H2,1-4H3. The molecule has 3 heterocycles. The van der Waals surface area contributed by atoms with Gasteiger partial charge in [0, 0.05) is 11.6 Å². The van der Waals surface area contributed by atoms with E-state index in [1.165, 1.54) is 11.3 Å². The van der Waals surface area contributed by atoms with E-state index in [2.05, 4.69) is 20.1 Å². The third-order valence-electron chi connectivity index (χ3n) is 3.33. The highest BCUT2D eigenvalue weighted by atomic mass is 32.1. The minimum Gasteiger partial charge on any atom is -0.451 e. The molecule has 0 aliphatic rings. The number of esters is 1. The van der Waals surface area contributed by atoms with Gasteiger partial charge in [-0.05, 0) is 19.1 Å². The van der Waals surface area contributed by atoms with Crippen LogP contribution in [0, 0.1) is 6.92 Å². The van der Waals surface area contributed by atoms with Crippen LogP contribution in [0.5, 0.6) is 0 Å². The van der Waals surface area contributed by atoms with Crippen molar-refractivity contribution in [1.82, 2.24) is 20.1 Å². The SMILES string of the molecule is Cc1nc(-c2ccccn2)sc1C(=O)OCc1nc(C(C)(C)C)no1. The molecule has 0 radical (unpaired) electrons. The summed E-state index contributed by atoms with van der Waals surface area (Å²) in [4.78, 5) is 25.7. The van der Waals surface area contributed by atoms with Gasteiger partial charge < -0.3 is 9.26 Å². The summed E-state index contributed by atoms with van der Waals surface area (Å²) in [6.07, 6.45) is 1.69. The third-order valence-corrected chi connectivity index (χ3v) is 4.49. The molecule has 3 aromatic rings. The van der Waals surface area contributed by atoms with Crippen molar-refractivity contribution >= 4 is 17.3 Å². The van der Waals surface area contributed by atoms with E-state index in [0.29, 0.717) is 21.4 Å². The number of hydrogen-bond donors (Lipinski definition) is 0. The lowest BCUT2D eigenvalue weighted by atomic mass is 9.96. The monoisotopic (exact) mass is 358 g/mol. The lowest BCUT2D eigenvalue weighted by molar-refractivity contribution is 0.0434. The molecular weight excluding hydrogens is 340 g/mol. The lowest BCUT2D eigenvalue weighted by Crippen LogP contribution is -2.13. The second-order valence-electron chi connectivity index (χ2n) is 6.49. The van der Waals surface area contributed by atoms with E-state index in [4.69, 9.17) is 9.26 Å². The van der Waals surface area contributed by atoms with E-state index in [1.54, 1.807) is 13.1 Å². The van der Waals surface area contributed by atoms with Gasteiger partial charge in [0.05, 0.1) is 11.4 Å². The summed E-state index contributed by atoms with van der Waals surface area (Å²) in [5, 5.41) is 4.58. The molecule has 0 atom stereocenters. The molecule has 130 valence electrons. The van der Waals surface area contributed by atoms with Crippen LogP contribution in [-0.4, -0.2) is 26.1 Å². The van der Waals surface area contributed by atoms with Gasteiger partial charge in [0.25, 0.3) is 5.89 Å². The average molecular weight is 358 g/mol. The maximum absolute atomic E-state index is 12.3. The zero-order valence-electron chi connectivity index (χ0n) is 14.4. The van der Waals surface area contributed by atoms with Crippen molar-refractivity contribution in [2.24, 2.45) is 0 Å². The van der Waals surface area contributed by atoms with Crippen LogP contribution in [0.1, 0.15) is 47.9 Å². The smallest absolute Gasteiger partial charge is 0.350 e. The zero-order valence-corrected chi connectivity index (χ0v) is 15.3. The summed E-state index contributed by atoms with van der Waals surface area (Å²) in [7, 11) is 0. The largest absolute Gasteiger partial charge is 0.451 e. The molecule has 0 fully saturated rings. The number of thiazole rings is 1. The first-order valence-electron chi connectivity index (χ1n) is 7.73. The molecule has 0 aliphatic heterocycles. The first-order valence-corrected chi connectivity index (χ1v) is 8.55. The summed E-state index contributed by atoms with van der Waals surface area (Å²) < 4.78 is 10.4. The van der Waals surface area contributed by atoms with E-state index < -0.39 is 5.97 Å². The number of ether oxygens (including phenoxy) is 1. The predicted molar refractivity (Wildman–Crippen MR) is 92.2 cm³/mol. The van der Waals surface area contributed by atoms with Crippen LogP contribution >= 0.6 is 11.3 Å². The Morgan fingerprint density at radius 2 is 2.08 bits per heavy atom. The molecule has 0 bridgehead atoms. The van der Waals surface area contributed by atoms with Crippen LogP contribution in [0.25, 0.3) is 10.7 Å². The normalized spacial score (nSPS) is 11.5. The summed E-state index contributed by atoms with van der Waals surface area (Å²) in [5.74, 6) is 0.378. The number of aromatic nitrogens is 4. The highest BCUT2D eigenvalue weighted by molar-refractivity contribution is 7.17. The minimum absolute atomic E-state index is 0.0713. The van der Waals surface area contributed by atoms with Gasteiger partial charge in [0.1, 0.15) is 9.88 Å². The number of carbonyl (C=O) groups is 1. The fraction of sp³-hybridized carbons (Fsp3) is 0.353. The van der Waals surface area contributed by atoms with E-state index in [9.17, 15) is 4.79 Å². The first kappa shape index (κ1) is 17.2. The molecule has 0 spiro atoms. The predicted octanol–water partition coefficient (Wildman–Crippen LogP) is 3.55. The van der Waals surface area contributed by atoms with Gasteiger partial charge in [-0.15, -0.1) is 11.3 Å². The van der Waals surface area contributed by atoms with Crippen LogP contribution in [0.3, 0.4) is 0 Å². The van der Waals surface area contributed by atoms with Gasteiger partial charge >= 0.3 is 5.97 Å². The molecule has 0 N–H and O–H groups in total. The quantitative estimate of drug-likeness (QED) is 0.659. The van der Waals surface area contributed by atoms with Crippen molar-refractivity contribution in [2.75, 3.05) is 0 Å². The van der Waals surface area contributed by atoms with Crippen molar-refractivity contribution in [3.8, 4) is 10.7 Å². The zero-order chi connectivity index (χ0) is 18.0. The summed E-state index contributed by atoms with van der Waals surface area (Å²) >= 11 is 1.25. The molecule has 7 nitrogen and oxygen atoms in total. The summed E-state index contributed by atoms with van der Waals surface area (Å²) in [6.45, 7) is 7.64.